The van der Waals surface area contributed by atoms with Gasteiger partial charge >= 0.3 is 6.03 Å². The molecule has 8 heteroatoms. The number of para-hydroxylation sites is 1. The number of rotatable bonds is 3. The average molecular weight is 394 g/mol. The number of nitrogens with zero attached hydrogens (tertiary/aromatic N) is 1. The van der Waals surface area contributed by atoms with E-state index in [2.05, 4.69) is 10.6 Å². The number of urea groups is 1. The van der Waals surface area contributed by atoms with Crippen LogP contribution in [-0.4, -0.2) is 25.6 Å². The highest BCUT2D eigenvalue weighted by Gasteiger charge is 2.24. The Morgan fingerprint density at radius 2 is 1.83 bits per heavy atom. The van der Waals surface area contributed by atoms with Gasteiger partial charge in [0.25, 0.3) is 0 Å². The highest BCUT2D eigenvalue weighted by atomic mass is 35.5. The molecule has 0 saturated heterocycles. The van der Waals surface area contributed by atoms with E-state index in [1.54, 1.807) is 23.1 Å². The number of carbonyl (C=O) groups is 1. The van der Waals surface area contributed by atoms with Gasteiger partial charge in [-0.1, -0.05) is 48.5 Å². The molecule has 0 aromatic heterocycles. The SMILES string of the molecule is CNC(=O)NC(=N)N(CC1CCCCC1)c1c(Cl)cccc1Cl.Cl. The minimum atomic E-state index is -0.438. The zero-order valence-electron chi connectivity index (χ0n) is 13.6. The van der Waals surface area contributed by atoms with Gasteiger partial charge in [0.2, 0.25) is 5.96 Å². The highest BCUT2D eigenvalue weighted by Crippen LogP contribution is 2.35. The summed E-state index contributed by atoms with van der Waals surface area (Å²) in [6.45, 7) is 0.617. The minimum absolute atomic E-state index is 0. The topological polar surface area (TPSA) is 68.2 Å². The molecule has 1 aliphatic carbocycles. The van der Waals surface area contributed by atoms with Gasteiger partial charge in [-0.05, 0) is 30.9 Å². The molecule has 134 valence electrons. The maximum atomic E-state index is 11.6. The van der Waals surface area contributed by atoms with Crippen LogP contribution in [0, 0.1) is 11.3 Å². The number of hydrogen-bond acceptors (Lipinski definition) is 2. The molecule has 0 bridgehead atoms. The van der Waals surface area contributed by atoms with Crippen LogP contribution in [0.5, 0.6) is 0 Å². The second kappa shape index (κ2) is 9.97. The van der Waals surface area contributed by atoms with Crippen molar-refractivity contribution in [2.24, 2.45) is 5.92 Å². The fourth-order valence-electron chi connectivity index (χ4n) is 2.91. The number of nitrogens with one attached hydrogen (secondary N) is 3. The van der Waals surface area contributed by atoms with Crippen molar-refractivity contribution >= 4 is 53.3 Å². The molecule has 24 heavy (non-hydrogen) atoms. The van der Waals surface area contributed by atoms with Crippen molar-refractivity contribution in [2.75, 3.05) is 18.5 Å². The van der Waals surface area contributed by atoms with E-state index in [1.807, 2.05) is 0 Å². The van der Waals surface area contributed by atoms with Crippen molar-refractivity contribution in [1.82, 2.24) is 10.6 Å². The van der Waals surface area contributed by atoms with Crippen LogP contribution < -0.4 is 15.5 Å². The molecule has 1 aromatic rings. The maximum absolute atomic E-state index is 11.6. The summed E-state index contributed by atoms with van der Waals surface area (Å²) in [4.78, 5) is 13.3. The van der Waals surface area contributed by atoms with Crippen molar-refractivity contribution in [1.29, 1.82) is 5.41 Å². The van der Waals surface area contributed by atoms with Gasteiger partial charge in [0.1, 0.15) is 0 Å². The number of halogens is 3. The van der Waals surface area contributed by atoms with E-state index < -0.39 is 6.03 Å². The first-order valence-electron chi connectivity index (χ1n) is 7.81. The van der Waals surface area contributed by atoms with E-state index >= 15 is 0 Å². The fourth-order valence-corrected chi connectivity index (χ4v) is 3.51. The summed E-state index contributed by atoms with van der Waals surface area (Å²) < 4.78 is 0. The van der Waals surface area contributed by atoms with Gasteiger partial charge in [0.05, 0.1) is 15.7 Å². The van der Waals surface area contributed by atoms with Crippen molar-refractivity contribution in [2.45, 2.75) is 32.1 Å². The van der Waals surface area contributed by atoms with E-state index in [1.165, 1.54) is 26.3 Å². The Kier molecular flexibility index (Phi) is 8.67. The van der Waals surface area contributed by atoms with Gasteiger partial charge in [-0.15, -0.1) is 12.4 Å². The van der Waals surface area contributed by atoms with Crippen molar-refractivity contribution in [3.05, 3.63) is 28.2 Å². The van der Waals surface area contributed by atoms with Crippen molar-refractivity contribution in [3.63, 3.8) is 0 Å². The molecule has 0 heterocycles. The molecule has 3 N–H and O–H groups in total. The van der Waals surface area contributed by atoms with Gasteiger partial charge in [0.15, 0.2) is 0 Å². The molecule has 1 aromatic carbocycles. The molecule has 0 spiro atoms. The first-order valence-corrected chi connectivity index (χ1v) is 8.57. The predicted molar refractivity (Wildman–Crippen MR) is 103 cm³/mol. The minimum Gasteiger partial charge on any atom is -0.341 e. The fraction of sp³-hybridized carbons (Fsp3) is 0.500. The number of anilines is 1. The summed E-state index contributed by atoms with van der Waals surface area (Å²) in [5.41, 5.74) is 0.572. The summed E-state index contributed by atoms with van der Waals surface area (Å²) in [7, 11) is 1.51. The zero-order chi connectivity index (χ0) is 16.8. The third-order valence-corrected chi connectivity index (χ3v) is 4.71. The number of amides is 2. The number of guanidine groups is 1. The molecule has 1 aliphatic rings. The van der Waals surface area contributed by atoms with E-state index in [0.29, 0.717) is 28.2 Å². The molecule has 0 radical (unpaired) electrons. The van der Waals surface area contributed by atoms with E-state index in [4.69, 9.17) is 28.6 Å². The summed E-state index contributed by atoms with van der Waals surface area (Å²) in [6.07, 6.45) is 5.89. The zero-order valence-corrected chi connectivity index (χ0v) is 15.9. The third kappa shape index (κ3) is 5.43. The summed E-state index contributed by atoms with van der Waals surface area (Å²) in [6, 6.07) is 4.81. The standard InChI is InChI=1S/C16H22Cl2N4O.ClH/c1-20-16(23)21-15(19)22(10-11-6-3-2-4-7-11)14-12(17)8-5-9-13(14)18;/h5,8-9,11H,2-4,6-7,10H2,1H3,(H3,19,20,21,23);1H. The summed E-state index contributed by atoms with van der Waals surface area (Å²) in [5.74, 6) is 0.438. The van der Waals surface area contributed by atoms with Crippen LogP contribution in [0.25, 0.3) is 0 Å². The molecule has 0 atom stereocenters. The molecule has 2 rings (SSSR count). The van der Waals surface area contributed by atoms with Crippen molar-refractivity contribution in [3.8, 4) is 0 Å². The van der Waals surface area contributed by atoms with Crippen LogP contribution in [0.4, 0.5) is 10.5 Å². The first-order chi connectivity index (χ1) is 11.0. The van der Waals surface area contributed by atoms with Gasteiger partial charge in [-0.3, -0.25) is 10.7 Å². The molecule has 1 fully saturated rings. The van der Waals surface area contributed by atoms with Crippen LogP contribution in [0.2, 0.25) is 10.0 Å². The molecule has 2 amide bonds. The van der Waals surface area contributed by atoms with E-state index in [0.717, 1.165) is 12.8 Å². The monoisotopic (exact) mass is 392 g/mol. The molecule has 0 unspecified atom stereocenters. The second-order valence-electron chi connectivity index (χ2n) is 5.74. The third-order valence-electron chi connectivity index (χ3n) is 4.10. The Morgan fingerprint density at radius 1 is 1.25 bits per heavy atom. The Morgan fingerprint density at radius 3 is 2.38 bits per heavy atom. The number of hydrogen-bond donors (Lipinski definition) is 3. The predicted octanol–water partition coefficient (Wildman–Crippen LogP) is 4.67. The van der Waals surface area contributed by atoms with Crippen LogP contribution in [0.1, 0.15) is 32.1 Å². The lowest BCUT2D eigenvalue weighted by Crippen LogP contribution is -2.48. The number of carbonyl (C=O) groups excluding carboxylic acids is 1. The van der Waals surface area contributed by atoms with Gasteiger partial charge < -0.3 is 10.2 Å². The van der Waals surface area contributed by atoms with Crippen molar-refractivity contribution < 1.29 is 4.79 Å². The lowest BCUT2D eigenvalue weighted by molar-refractivity contribution is 0.247. The molecule has 0 aliphatic heterocycles. The number of benzene rings is 1. The Hall–Kier alpha value is -1.17. The van der Waals surface area contributed by atoms with Gasteiger partial charge in [0, 0.05) is 13.6 Å². The molecular weight excluding hydrogens is 371 g/mol. The first kappa shape index (κ1) is 20.9. The lowest BCUT2D eigenvalue weighted by atomic mass is 9.89. The maximum Gasteiger partial charge on any atom is 0.321 e. The Bertz CT molecular complexity index is 556. The van der Waals surface area contributed by atoms with E-state index in [9.17, 15) is 4.79 Å². The quantitative estimate of drug-likeness (QED) is 0.516. The van der Waals surface area contributed by atoms with Crippen LogP contribution >= 0.6 is 35.6 Å². The second-order valence-corrected chi connectivity index (χ2v) is 6.55. The van der Waals surface area contributed by atoms with Crippen LogP contribution in [-0.2, 0) is 0 Å². The smallest absolute Gasteiger partial charge is 0.321 e. The lowest BCUT2D eigenvalue weighted by Gasteiger charge is -2.32. The average Bonchev–Trinajstić information content (AvgIpc) is 2.54. The van der Waals surface area contributed by atoms with Crippen LogP contribution in [0.15, 0.2) is 18.2 Å². The van der Waals surface area contributed by atoms with E-state index in [-0.39, 0.29) is 18.4 Å². The Labute approximate surface area is 159 Å². The summed E-state index contributed by atoms with van der Waals surface area (Å²) in [5, 5.41) is 14.2. The van der Waals surface area contributed by atoms with Crippen LogP contribution in [0.3, 0.4) is 0 Å². The summed E-state index contributed by atoms with van der Waals surface area (Å²) >= 11 is 12.6. The van der Waals surface area contributed by atoms with Gasteiger partial charge in [-0.2, -0.15) is 0 Å². The highest BCUT2D eigenvalue weighted by molar-refractivity contribution is 6.40. The molecule has 1 saturated carbocycles. The molecule has 5 nitrogen and oxygen atoms in total. The normalized spacial score (nSPS) is 14.5. The van der Waals surface area contributed by atoms with Gasteiger partial charge in [-0.25, -0.2) is 4.79 Å². The largest absolute Gasteiger partial charge is 0.341 e. The molecular formula is C16H23Cl3N4O. The Balaban J connectivity index is 0.00000288.